The van der Waals surface area contributed by atoms with Crippen molar-refractivity contribution in [2.45, 2.75) is 0 Å². The van der Waals surface area contributed by atoms with Crippen LogP contribution >= 0.6 is 11.5 Å². The monoisotopic (exact) mass is 154 g/mol. The van der Waals surface area contributed by atoms with Gasteiger partial charge in [-0.2, -0.15) is 9.64 Å². The van der Waals surface area contributed by atoms with Crippen molar-refractivity contribution in [2.75, 3.05) is 0 Å². The molecule has 0 amide bonds. The Hall–Kier alpha value is -1.41. The van der Waals surface area contributed by atoms with Crippen molar-refractivity contribution in [1.82, 2.24) is 4.37 Å². The van der Waals surface area contributed by atoms with Crippen molar-refractivity contribution in [3.8, 4) is 6.07 Å². The smallest absolute Gasteiger partial charge is 0.347 e. The summed E-state index contributed by atoms with van der Waals surface area (Å²) in [6.45, 7) is 0. The number of rotatable bonds is 1. The number of nitriles is 1. The first kappa shape index (κ1) is 6.71. The van der Waals surface area contributed by atoms with Crippen molar-refractivity contribution in [3.63, 3.8) is 0 Å². The number of aromatic nitrogens is 1. The summed E-state index contributed by atoms with van der Waals surface area (Å²) in [6.07, 6.45) is 0. The van der Waals surface area contributed by atoms with E-state index in [1.54, 1.807) is 6.07 Å². The average Bonchev–Trinajstić information content (AvgIpc) is 2.34. The molecule has 0 spiro atoms. The number of aromatic carboxylic acids is 1. The third-order valence-corrected chi connectivity index (χ3v) is 1.61. The van der Waals surface area contributed by atoms with E-state index in [4.69, 9.17) is 10.4 Å². The number of hydrogen-bond donors (Lipinski definition) is 1. The lowest BCUT2D eigenvalue weighted by molar-refractivity contribution is 0.0702. The zero-order valence-electron chi connectivity index (χ0n) is 4.74. The van der Waals surface area contributed by atoms with Crippen LogP contribution in [0.5, 0.6) is 0 Å². The fourth-order valence-corrected chi connectivity index (χ4v) is 0.961. The molecule has 0 aromatic carbocycles. The van der Waals surface area contributed by atoms with E-state index in [1.807, 2.05) is 0 Å². The van der Waals surface area contributed by atoms with E-state index in [0.717, 1.165) is 11.5 Å². The lowest BCUT2D eigenvalue weighted by Crippen LogP contribution is -1.89. The number of carbonyl (C=O) groups is 1. The first-order valence-corrected chi connectivity index (χ1v) is 3.11. The Labute approximate surface area is 60.5 Å². The summed E-state index contributed by atoms with van der Waals surface area (Å²) in [7, 11) is 0. The van der Waals surface area contributed by atoms with Crippen LogP contribution in [0, 0.1) is 11.3 Å². The summed E-state index contributed by atoms with van der Waals surface area (Å²) in [6, 6.07) is 2.98. The van der Waals surface area contributed by atoms with Gasteiger partial charge in [0.15, 0.2) is 5.69 Å². The highest BCUT2D eigenvalue weighted by Crippen LogP contribution is 2.07. The van der Waals surface area contributed by atoms with E-state index in [-0.39, 0.29) is 10.6 Å². The van der Waals surface area contributed by atoms with Crippen LogP contribution in [-0.4, -0.2) is 15.4 Å². The Morgan fingerprint density at radius 1 is 1.90 bits per heavy atom. The third kappa shape index (κ3) is 1.11. The second-order valence-corrected chi connectivity index (χ2v) is 2.30. The highest BCUT2D eigenvalue weighted by atomic mass is 32.1. The summed E-state index contributed by atoms with van der Waals surface area (Å²) in [5.41, 5.74) is 0.155. The number of nitrogens with zero attached hydrogens (tertiary/aromatic N) is 2. The zero-order valence-corrected chi connectivity index (χ0v) is 5.55. The van der Waals surface area contributed by atoms with E-state index in [1.165, 1.54) is 6.07 Å². The van der Waals surface area contributed by atoms with Gasteiger partial charge < -0.3 is 5.11 Å². The predicted octanol–water partition coefficient (Wildman–Crippen LogP) is 0.713. The van der Waals surface area contributed by atoms with E-state index in [9.17, 15) is 4.79 Å². The van der Waals surface area contributed by atoms with Crippen LogP contribution in [0.1, 0.15) is 15.4 Å². The standard InChI is InChI=1S/C5H2N2O2S/c6-2-3-1-4(5(8)9)10-7-3/h1H,(H,8,9). The Morgan fingerprint density at radius 3 is 2.90 bits per heavy atom. The lowest BCUT2D eigenvalue weighted by Gasteiger charge is -1.77. The van der Waals surface area contributed by atoms with Crippen LogP contribution in [-0.2, 0) is 0 Å². The van der Waals surface area contributed by atoms with Crippen molar-refractivity contribution in [1.29, 1.82) is 5.26 Å². The number of carboxylic acids is 1. The Morgan fingerprint density at radius 2 is 2.60 bits per heavy atom. The normalized spacial score (nSPS) is 8.70. The minimum absolute atomic E-state index is 0.0940. The molecule has 0 aliphatic carbocycles. The maximum atomic E-state index is 10.2. The molecule has 0 unspecified atom stereocenters. The molecular weight excluding hydrogens is 152 g/mol. The summed E-state index contributed by atoms with van der Waals surface area (Å²) in [5, 5.41) is 16.6. The van der Waals surface area contributed by atoms with Gasteiger partial charge in [0.25, 0.3) is 0 Å². The van der Waals surface area contributed by atoms with Crippen molar-refractivity contribution < 1.29 is 9.90 Å². The Kier molecular flexibility index (Phi) is 1.65. The minimum Gasteiger partial charge on any atom is -0.477 e. The molecule has 0 fully saturated rings. The molecule has 4 nitrogen and oxygen atoms in total. The topological polar surface area (TPSA) is 74.0 Å². The third-order valence-electron chi connectivity index (χ3n) is 0.835. The molecule has 5 heteroatoms. The zero-order chi connectivity index (χ0) is 7.56. The van der Waals surface area contributed by atoms with Crippen LogP contribution in [0.15, 0.2) is 6.07 Å². The van der Waals surface area contributed by atoms with Crippen LogP contribution < -0.4 is 0 Å². The molecule has 50 valence electrons. The number of carboxylic acid groups (broad SMARTS) is 1. The maximum absolute atomic E-state index is 10.2. The van der Waals surface area contributed by atoms with Gasteiger partial charge in [-0.1, -0.05) is 0 Å². The fraction of sp³-hybridized carbons (Fsp3) is 0. The van der Waals surface area contributed by atoms with Crippen LogP contribution in [0.4, 0.5) is 0 Å². The summed E-state index contributed by atoms with van der Waals surface area (Å²) in [4.78, 5) is 10.3. The van der Waals surface area contributed by atoms with Crippen molar-refractivity contribution >= 4 is 17.5 Å². The SMILES string of the molecule is N#Cc1cc(C(=O)O)sn1. The predicted molar refractivity (Wildman–Crippen MR) is 33.8 cm³/mol. The molecule has 0 aliphatic heterocycles. The van der Waals surface area contributed by atoms with Crippen LogP contribution in [0.3, 0.4) is 0 Å². The minimum atomic E-state index is -1.04. The molecule has 10 heavy (non-hydrogen) atoms. The molecule has 0 saturated carbocycles. The lowest BCUT2D eigenvalue weighted by atomic mass is 10.4. The summed E-state index contributed by atoms with van der Waals surface area (Å²) in [5.74, 6) is -1.04. The highest BCUT2D eigenvalue weighted by Gasteiger charge is 2.06. The quantitative estimate of drug-likeness (QED) is 0.646. The first-order chi connectivity index (χ1) is 4.74. The first-order valence-electron chi connectivity index (χ1n) is 2.34. The summed E-state index contributed by atoms with van der Waals surface area (Å²) >= 11 is 0.810. The molecule has 1 N–H and O–H groups in total. The molecule has 0 saturated heterocycles. The molecule has 0 radical (unpaired) electrons. The van der Waals surface area contributed by atoms with E-state index < -0.39 is 5.97 Å². The molecule has 1 aromatic rings. The molecule has 1 aromatic heterocycles. The van der Waals surface area contributed by atoms with Gasteiger partial charge in [0.2, 0.25) is 0 Å². The maximum Gasteiger partial charge on any atom is 0.347 e. The van der Waals surface area contributed by atoms with E-state index in [2.05, 4.69) is 4.37 Å². The van der Waals surface area contributed by atoms with Gasteiger partial charge >= 0.3 is 5.97 Å². The van der Waals surface area contributed by atoms with E-state index in [0.29, 0.717) is 0 Å². The van der Waals surface area contributed by atoms with Gasteiger partial charge in [-0.25, -0.2) is 4.79 Å². The largest absolute Gasteiger partial charge is 0.477 e. The van der Waals surface area contributed by atoms with Crippen molar-refractivity contribution in [2.24, 2.45) is 0 Å². The highest BCUT2D eigenvalue weighted by molar-refractivity contribution is 7.08. The average molecular weight is 154 g/mol. The van der Waals surface area contributed by atoms with Gasteiger partial charge in [0.1, 0.15) is 10.9 Å². The molecule has 0 bridgehead atoms. The fourth-order valence-electron chi connectivity index (χ4n) is 0.429. The van der Waals surface area contributed by atoms with Crippen molar-refractivity contribution in [3.05, 3.63) is 16.6 Å². The second kappa shape index (κ2) is 2.45. The Bertz CT molecular complexity index is 299. The number of hydrogen-bond acceptors (Lipinski definition) is 4. The van der Waals surface area contributed by atoms with Gasteiger partial charge in [-0.3, -0.25) is 0 Å². The van der Waals surface area contributed by atoms with E-state index >= 15 is 0 Å². The van der Waals surface area contributed by atoms with Gasteiger partial charge in [0, 0.05) is 6.07 Å². The Balaban J connectivity index is 3.02. The van der Waals surface area contributed by atoms with Gasteiger partial charge in [-0.15, -0.1) is 0 Å². The molecular formula is C5H2N2O2S. The van der Waals surface area contributed by atoms with Gasteiger partial charge in [0.05, 0.1) is 0 Å². The van der Waals surface area contributed by atoms with Crippen LogP contribution in [0.2, 0.25) is 0 Å². The second-order valence-electron chi connectivity index (χ2n) is 1.49. The van der Waals surface area contributed by atoms with Gasteiger partial charge in [-0.05, 0) is 11.5 Å². The summed E-state index contributed by atoms with van der Waals surface area (Å²) < 4.78 is 3.56. The molecule has 0 atom stereocenters. The molecule has 0 aliphatic rings. The molecule has 1 rings (SSSR count). The van der Waals surface area contributed by atoms with Crippen LogP contribution in [0.25, 0.3) is 0 Å². The molecule has 1 heterocycles.